The van der Waals surface area contributed by atoms with Gasteiger partial charge in [-0.15, -0.1) is 0 Å². The molecule has 1 aliphatic heterocycles. The van der Waals surface area contributed by atoms with Crippen LogP contribution in [0.25, 0.3) is 0 Å². The maximum atomic E-state index is 13.6. The molecule has 4 rings (SSSR count). The molecule has 0 spiro atoms. The first-order valence-corrected chi connectivity index (χ1v) is 12.8. The number of nitrogens with one attached hydrogen (secondary N) is 3. The van der Waals surface area contributed by atoms with Crippen LogP contribution in [0.2, 0.25) is 5.02 Å². The molecule has 0 unspecified atom stereocenters. The highest BCUT2D eigenvalue weighted by Gasteiger charge is 2.30. The standard InChI is InChI=1S/C29H31ClN4O3/c1-20(35)31-25-11-7-21(8-12-25)19-22-15-17-34(18-16-22)28(36)27(23-5-3-2-4-6-23)33-29(37)32-26-13-9-24(30)10-14-26/h2-14,22,27H,15-19H2,1H3,(H,31,35)(H2,32,33,37)/t27-/m1/s1. The van der Waals surface area contributed by atoms with E-state index in [4.69, 9.17) is 11.6 Å². The molecule has 8 heteroatoms. The third kappa shape index (κ3) is 7.57. The van der Waals surface area contributed by atoms with E-state index < -0.39 is 12.1 Å². The number of nitrogens with zero attached hydrogens (tertiary/aromatic N) is 1. The predicted octanol–water partition coefficient (Wildman–Crippen LogP) is 5.64. The summed E-state index contributed by atoms with van der Waals surface area (Å²) in [7, 11) is 0. The normalized spacial score (nSPS) is 14.5. The summed E-state index contributed by atoms with van der Waals surface area (Å²) in [6.07, 6.45) is 2.70. The molecule has 0 saturated carbocycles. The van der Waals surface area contributed by atoms with Gasteiger partial charge in [-0.25, -0.2) is 4.79 Å². The van der Waals surface area contributed by atoms with Crippen LogP contribution in [-0.4, -0.2) is 35.8 Å². The van der Waals surface area contributed by atoms with E-state index in [2.05, 4.69) is 16.0 Å². The summed E-state index contributed by atoms with van der Waals surface area (Å²) in [6, 6.07) is 22.8. The average molecular weight is 519 g/mol. The second-order valence-corrected chi connectivity index (χ2v) is 9.74. The topological polar surface area (TPSA) is 90.5 Å². The van der Waals surface area contributed by atoms with E-state index in [0.29, 0.717) is 29.7 Å². The maximum absolute atomic E-state index is 13.6. The molecule has 37 heavy (non-hydrogen) atoms. The Balaban J connectivity index is 1.36. The molecule has 3 aromatic carbocycles. The van der Waals surface area contributed by atoms with Crippen LogP contribution in [0, 0.1) is 5.92 Å². The molecule has 0 radical (unpaired) electrons. The lowest BCUT2D eigenvalue weighted by molar-refractivity contribution is -0.134. The Labute approximate surface area is 222 Å². The van der Waals surface area contributed by atoms with Crippen LogP contribution in [0.3, 0.4) is 0 Å². The van der Waals surface area contributed by atoms with Gasteiger partial charge in [0.2, 0.25) is 11.8 Å². The number of amides is 4. The molecule has 1 heterocycles. The van der Waals surface area contributed by atoms with Crippen LogP contribution >= 0.6 is 11.6 Å². The third-order valence-corrected chi connectivity index (χ3v) is 6.73. The van der Waals surface area contributed by atoms with Gasteiger partial charge >= 0.3 is 6.03 Å². The SMILES string of the molecule is CC(=O)Nc1ccc(CC2CCN(C(=O)[C@H](NC(=O)Nc3ccc(Cl)cc3)c3ccccc3)CC2)cc1. The van der Waals surface area contributed by atoms with E-state index in [0.717, 1.165) is 30.5 Å². The molecular formula is C29H31ClN4O3. The van der Waals surface area contributed by atoms with E-state index in [1.165, 1.54) is 12.5 Å². The highest BCUT2D eigenvalue weighted by atomic mass is 35.5. The minimum Gasteiger partial charge on any atom is -0.341 e. The molecule has 3 N–H and O–H groups in total. The van der Waals surface area contributed by atoms with E-state index >= 15 is 0 Å². The Morgan fingerprint density at radius 3 is 2.08 bits per heavy atom. The summed E-state index contributed by atoms with van der Waals surface area (Å²) in [6.45, 7) is 2.77. The largest absolute Gasteiger partial charge is 0.341 e. The number of piperidine rings is 1. The molecular weight excluding hydrogens is 488 g/mol. The van der Waals surface area contributed by atoms with Crippen molar-refractivity contribution in [3.05, 3.63) is 95.0 Å². The lowest BCUT2D eigenvalue weighted by Crippen LogP contribution is -2.47. The highest BCUT2D eigenvalue weighted by molar-refractivity contribution is 6.30. The van der Waals surface area contributed by atoms with Crippen LogP contribution in [0.15, 0.2) is 78.9 Å². The van der Waals surface area contributed by atoms with Crippen LogP contribution in [0.4, 0.5) is 16.2 Å². The fourth-order valence-corrected chi connectivity index (χ4v) is 4.69. The summed E-state index contributed by atoms with van der Waals surface area (Å²) in [4.78, 5) is 39.4. The van der Waals surface area contributed by atoms with Gasteiger partial charge in [0.25, 0.3) is 0 Å². The van der Waals surface area contributed by atoms with Gasteiger partial charge < -0.3 is 20.9 Å². The summed E-state index contributed by atoms with van der Waals surface area (Å²) in [5.74, 6) is 0.262. The molecule has 3 aromatic rings. The Morgan fingerprint density at radius 2 is 1.46 bits per heavy atom. The fourth-order valence-electron chi connectivity index (χ4n) is 4.57. The second-order valence-electron chi connectivity index (χ2n) is 9.30. The van der Waals surface area contributed by atoms with Gasteiger partial charge in [-0.05, 0) is 72.7 Å². The summed E-state index contributed by atoms with van der Waals surface area (Å²) >= 11 is 5.93. The maximum Gasteiger partial charge on any atom is 0.320 e. The lowest BCUT2D eigenvalue weighted by atomic mass is 9.89. The van der Waals surface area contributed by atoms with Gasteiger partial charge in [-0.3, -0.25) is 9.59 Å². The van der Waals surface area contributed by atoms with Crippen molar-refractivity contribution in [1.29, 1.82) is 0 Å². The number of rotatable bonds is 7. The zero-order valence-electron chi connectivity index (χ0n) is 20.7. The highest BCUT2D eigenvalue weighted by Crippen LogP contribution is 2.25. The van der Waals surface area contributed by atoms with Gasteiger partial charge in [0.1, 0.15) is 6.04 Å². The summed E-state index contributed by atoms with van der Waals surface area (Å²) in [5.41, 5.74) is 3.32. The molecule has 1 saturated heterocycles. The van der Waals surface area contributed by atoms with Gasteiger partial charge in [0.05, 0.1) is 0 Å². The zero-order valence-corrected chi connectivity index (χ0v) is 21.5. The number of carbonyl (C=O) groups excluding carboxylic acids is 3. The van der Waals surface area contributed by atoms with Crippen molar-refractivity contribution < 1.29 is 14.4 Å². The first-order valence-electron chi connectivity index (χ1n) is 12.4. The summed E-state index contributed by atoms with van der Waals surface area (Å²) < 4.78 is 0. The van der Waals surface area contributed by atoms with Crippen molar-refractivity contribution in [3.63, 3.8) is 0 Å². The number of benzene rings is 3. The first-order chi connectivity index (χ1) is 17.9. The number of halogens is 1. The van der Waals surface area contributed by atoms with E-state index in [-0.39, 0.29) is 11.8 Å². The zero-order chi connectivity index (χ0) is 26.2. The number of hydrogen-bond donors (Lipinski definition) is 3. The predicted molar refractivity (Wildman–Crippen MR) is 147 cm³/mol. The molecule has 1 atom stereocenters. The van der Waals surface area contributed by atoms with Crippen molar-refractivity contribution in [2.75, 3.05) is 23.7 Å². The molecule has 1 fully saturated rings. The quantitative estimate of drug-likeness (QED) is 0.378. The smallest absolute Gasteiger partial charge is 0.320 e. The first kappa shape index (κ1) is 26.2. The third-order valence-electron chi connectivity index (χ3n) is 6.48. The van der Waals surface area contributed by atoms with Crippen LogP contribution in [-0.2, 0) is 16.0 Å². The minimum absolute atomic E-state index is 0.0875. The summed E-state index contributed by atoms with van der Waals surface area (Å²) in [5, 5.41) is 8.99. The molecule has 0 bridgehead atoms. The van der Waals surface area contributed by atoms with Crippen molar-refractivity contribution in [3.8, 4) is 0 Å². The Hall–Kier alpha value is -3.84. The number of carbonyl (C=O) groups is 3. The molecule has 7 nitrogen and oxygen atoms in total. The van der Waals surface area contributed by atoms with Gasteiger partial charge in [-0.2, -0.15) is 0 Å². The Bertz CT molecular complexity index is 1210. The Morgan fingerprint density at radius 1 is 0.865 bits per heavy atom. The van der Waals surface area contributed by atoms with Crippen LogP contribution in [0.1, 0.15) is 36.9 Å². The number of anilines is 2. The van der Waals surface area contributed by atoms with E-state index in [1.54, 1.807) is 24.3 Å². The van der Waals surface area contributed by atoms with Crippen LogP contribution < -0.4 is 16.0 Å². The minimum atomic E-state index is -0.786. The van der Waals surface area contributed by atoms with Gasteiger partial charge in [-0.1, -0.05) is 54.1 Å². The van der Waals surface area contributed by atoms with E-state index in [1.807, 2.05) is 59.5 Å². The van der Waals surface area contributed by atoms with Gasteiger partial charge in [0, 0.05) is 36.4 Å². The number of likely N-dealkylation sites (tertiary alicyclic amines) is 1. The van der Waals surface area contributed by atoms with Gasteiger partial charge in [0.15, 0.2) is 0 Å². The van der Waals surface area contributed by atoms with Crippen molar-refractivity contribution >= 4 is 40.8 Å². The molecule has 1 aliphatic rings. The number of urea groups is 1. The second kappa shape index (κ2) is 12.4. The van der Waals surface area contributed by atoms with Crippen molar-refractivity contribution in [1.82, 2.24) is 10.2 Å². The lowest BCUT2D eigenvalue weighted by Gasteiger charge is -2.34. The van der Waals surface area contributed by atoms with Crippen molar-refractivity contribution in [2.45, 2.75) is 32.2 Å². The molecule has 0 aromatic heterocycles. The molecule has 4 amide bonds. The fraction of sp³-hybridized carbons (Fsp3) is 0.276. The average Bonchev–Trinajstić information content (AvgIpc) is 2.90. The van der Waals surface area contributed by atoms with Crippen LogP contribution in [0.5, 0.6) is 0 Å². The Kier molecular flexibility index (Phi) is 8.80. The monoisotopic (exact) mass is 518 g/mol. The number of hydrogen-bond acceptors (Lipinski definition) is 3. The van der Waals surface area contributed by atoms with E-state index in [9.17, 15) is 14.4 Å². The molecule has 192 valence electrons. The van der Waals surface area contributed by atoms with Crippen molar-refractivity contribution in [2.24, 2.45) is 5.92 Å². The molecule has 0 aliphatic carbocycles.